The number of aromatic nitrogens is 2. The highest BCUT2D eigenvalue weighted by Gasteiger charge is 2.12. The van der Waals surface area contributed by atoms with Crippen LogP contribution in [0.15, 0.2) is 35.1 Å². The zero-order valence-electron chi connectivity index (χ0n) is 13.1. The van der Waals surface area contributed by atoms with Crippen molar-refractivity contribution in [1.29, 1.82) is 0 Å². The van der Waals surface area contributed by atoms with Gasteiger partial charge in [-0.25, -0.2) is 4.98 Å². The maximum absolute atomic E-state index is 12.0. The number of rotatable bonds is 5. The largest absolute Gasteiger partial charge is 0.350 e. The van der Waals surface area contributed by atoms with Gasteiger partial charge < -0.3 is 10.3 Å². The van der Waals surface area contributed by atoms with E-state index in [9.17, 15) is 9.59 Å². The van der Waals surface area contributed by atoms with E-state index in [4.69, 9.17) is 0 Å². The van der Waals surface area contributed by atoms with Crippen molar-refractivity contribution in [2.24, 2.45) is 0 Å². The van der Waals surface area contributed by atoms with Crippen LogP contribution in [-0.2, 0) is 11.2 Å². The molecule has 1 atom stereocenters. The highest BCUT2D eigenvalue weighted by Crippen LogP contribution is 2.11. The molecule has 0 aliphatic carbocycles. The fourth-order valence-electron chi connectivity index (χ4n) is 2.42. The molecular formula is C17H21N3O2. The van der Waals surface area contributed by atoms with Crippen molar-refractivity contribution >= 4 is 5.91 Å². The zero-order valence-corrected chi connectivity index (χ0v) is 13.1. The molecule has 0 unspecified atom stereocenters. The summed E-state index contributed by atoms with van der Waals surface area (Å²) in [7, 11) is 0. The predicted octanol–water partition coefficient (Wildman–Crippen LogP) is 2.20. The molecule has 2 aromatic rings. The SMILES string of the molecule is Cc1nc(C)c(CCC(=O)N[C@H](C)c2ccccc2)c(=O)[nH]1. The van der Waals surface area contributed by atoms with Crippen LogP contribution < -0.4 is 10.9 Å². The topological polar surface area (TPSA) is 74.8 Å². The summed E-state index contributed by atoms with van der Waals surface area (Å²) in [4.78, 5) is 30.8. The van der Waals surface area contributed by atoms with Gasteiger partial charge in [0.25, 0.3) is 5.56 Å². The van der Waals surface area contributed by atoms with Gasteiger partial charge >= 0.3 is 0 Å². The van der Waals surface area contributed by atoms with Crippen molar-refractivity contribution in [2.45, 2.75) is 39.7 Å². The number of carbonyl (C=O) groups is 1. The minimum atomic E-state index is -0.158. The molecule has 0 spiro atoms. The van der Waals surface area contributed by atoms with Gasteiger partial charge in [0, 0.05) is 17.7 Å². The number of hydrogen-bond acceptors (Lipinski definition) is 3. The van der Waals surface area contributed by atoms with Crippen molar-refractivity contribution < 1.29 is 4.79 Å². The Morgan fingerprint density at radius 3 is 2.59 bits per heavy atom. The molecule has 0 aliphatic heterocycles. The van der Waals surface area contributed by atoms with Crippen molar-refractivity contribution in [1.82, 2.24) is 15.3 Å². The van der Waals surface area contributed by atoms with Crippen LogP contribution in [0.3, 0.4) is 0 Å². The normalized spacial score (nSPS) is 12.0. The molecule has 1 heterocycles. The predicted molar refractivity (Wildman–Crippen MR) is 85.7 cm³/mol. The van der Waals surface area contributed by atoms with Gasteiger partial charge in [0.1, 0.15) is 5.82 Å². The molecule has 0 saturated carbocycles. The molecule has 2 N–H and O–H groups in total. The first kappa shape index (κ1) is 15.9. The Bertz CT molecular complexity index is 708. The molecule has 0 bridgehead atoms. The molecule has 1 amide bonds. The number of aromatic amines is 1. The van der Waals surface area contributed by atoms with E-state index < -0.39 is 0 Å². The van der Waals surface area contributed by atoms with Gasteiger partial charge in [-0.2, -0.15) is 0 Å². The Kier molecular flexibility index (Phi) is 5.09. The van der Waals surface area contributed by atoms with E-state index in [1.54, 1.807) is 13.8 Å². The van der Waals surface area contributed by atoms with Gasteiger partial charge in [-0.1, -0.05) is 30.3 Å². The maximum atomic E-state index is 12.0. The summed E-state index contributed by atoms with van der Waals surface area (Å²) >= 11 is 0. The van der Waals surface area contributed by atoms with Crippen molar-refractivity contribution in [2.75, 3.05) is 0 Å². The van der Waals surface area contributed by atoms with E-state index >= 15 is 0 Å². The van der Waals surface area contributed by atoms with Crippen LogP contribution in [0.4, 0.5) is 0 Å². The third-order valence-corrected chi connectivity index (χ3v) is 3.62. The molecule has 116 valence electrons. The smallest absolute Gasteiger partial charge is 0.254 e. The Labute approximate surface area is 129 Å². The molecule has 0 radical (unpaired) electrons. The summed E-state index contributed by atoms with van der Waals surface area (Å²) < 4.78 is 0. The second kappa shape index (κ2) is 7.02. The minimum Gasteiger partial charge on any atom is -0.350 e. The first-order chi connectivity index (χ1) is 10.5. The van der Waals surface area contributed by atoms with Gasteiger partial charge in [0.05, 0.1) is 6.04 Å². The number of aryl methyl sites for hydroxylation is 2. The standard InChI is InChI=1S/C17H21N3O2/c1-11(14-7-5-4-6-8-14)19-16(21)10-9-15-12(2)18-13(3)20-17(15)22/h4-8,11H,9-10H2,1-3H3,(H,19,21)(H,18,20,22)/t11-/m1/s1. The van der Waals surface area contributed by atoms with Crippen LogP contribution in [0.1, 0.15) is 42.0 Å². The molecule has 0 saturated heterocycles. The van der Waals surface area contributed by atoms with E-state index in [1.165, 1.54) is 0 Å². The molecular weight excluding hydrogens is 278 g/mol. The fraction of sp³-hybridized carbons (Fsp3) is 0.353. The quantitative estimate of drug-likeness (QED) is 0.888. The van der Waals surface area contributed by atoms with Crippen LogP contribution in [-0.4, -0.2) is 15.9 Å². The average molecular weight is 299 g/mol. The Morgan fingerprint density at radius 2 is 1.95 bits per heavy atom. The number of amides is 1. The van der Waals surface area contributed by atoms with Crippen molar-refractivity contribution in [3.63, 3.8) is 0 Å². The summed E-state index contributed by atoms with van der Waals surface area (Å²) in [5.74, 6) is 0.518. The monoisotopic (exact) mass is 299 g/mol. The van der Waals surface area contributed by atoms with E-state index in [2.05, 4.69) is 15.3 Å². The lowest BCUT2D eigenvalue weighted by Gasteiger charge is -2.14. The van der Waals surface area contributed by atoms with Crippen molar-refractivity contribution in [3.8, 4) is 0 Å². The summed E-state index contributed by atoms with van der Waals surface area (Å²) in [6, 6.07) is 9.73. The van der Waals surface area contributed by atoms with Gasteiger partial charge in [-0.05, 0) is 32.8 Å². The Balaban J connectivity index is 1.95. The Hall–Kier alpha value is -2.43. The fourth-order valence-corrected chi connectivity index (χ4v) is 2.42. The van der Waals surface area contributed by atoms with E-state index in [1.807, 2.05) is 37.3 Å². The summed E-state index contributed by atoms with van der Waals surface area (Å²) in [5, 5.41) is 2.95. The number of hydrogen-bond donors (Lipinski definition) is 2. The van der Waals surface area contributed by atoms with Crippen LogP contribution in [0.25, 0.3) is 0 Å². The highest BCUT2D eigenvalue weighted by atomic mass is 16.1. The number of H-pyrrole nitrogens is 1. The molecule has 1 aromatic heterocycles. The molecule has 5 nitrogen and oxygen atoms in total. The van der Waals surface area contributed by atoms with Crippen LogP contribution in [0.5, 0.6) is 0 Å². The van der Waals surface area contributed by atoms with Gasteiger partial charge in [0.2, 0.25) is 5.91 Å². The average Bonchev–Trinajstić information content (AvgIpc) is 2.47. The molecule has 0 fully saturated rings. The van der Waals surface area contributed by atoms with Crippen LogP contribution >= 0.6 is 0 Å². The van der Waals surface area contributed by atoms with Crippen molar-refractivity contribution in [3.05, 3.63) is 63.3 Å². The third kappa shape index (κ3) is 4.04. The van der Waals surface area contributed by atoms with Crippen LogP contribution in [0, 0.1) is 13.8 Å². The van der Waals surface area contributed by atoms with E-state index in [0.717, 1.165) is 5.56 Å². The van der Waals surface area contributed by atoms with Crippen LogP contribution in [0.2, 0.25) is 0 Å². The first-order valence-corrected chi connectivity index (χ1v) is 7.38. The Morgan fingerprint density at radius 1 is 1.27 bits per heavy atom. The second-order valence-electron chi connectivity index (χ2n) is 5.42. The van der Waals surface area contributed by atoms with Gasteiger partial charge in [-0.3, -0.25) is 9.59 Å². The lowest BCUT2D eigenvalue weighted by atomic mass is 10.1. The lowest BCUT2D eigenvalue weighted by molar-refractivity contribution is -0.121. The van der Waals surface area contributed by atoms with Gasteiger partial charge in [-0.15, -0.1) is 0 Å². The number of carbonyl (C=O) groups excluding carboxylic acids is 1. The molecule has 1 aromatic carbocycles. The molecule has 0 aliphatic rings. The number of nitrogens with zero attached hydrogens (tertiary/aromatic N) is 1. The maximum Gasteiger partial charge on any atom is 0.254 e. The number of benzene rings is 1. The minimum absolute atomic E-state index is 0.0516. The van der Waals surface area contributed by atoms with E-state index in [-0.39, 0.29) is 23.9 Å². The zero-order chi connectivity index (χ0) is 16.1. The molecule has 22 heavy (non-hydrogen) atoms. The summed E-state index contributed by atoms with van der Waals surface area (Å²) in [6.45, 7) is 5.48. The summed E-state index contributed by atoms with van der Waals surface area (Å²) in [6.07, 6.45) is 0.660. The van der Waals surface area contributed by atoms with E-state index in [0.29, 0.717) is 23.5 Å². The van der Waals surface area contributed by atoms with Gasteiger partial charge in [0.15, 0.2) is 0 Å². The number of nitrogens with one attached hydrogen (secondary N) is 2. The first-order valence-electron chi connectivity index (χ1n) is 7.38. The molecule has 5 heteroatoms. The highest BCUT2D eigenvalue weighted by molar-refractivity contribution is 5.76. The second-order valence-corrected chi connectivity index (χ2v) is 5.42. The summed E-state index contributed by atoms with van der Waals surface area (Å²) in [5.41, 5.74) is 2.16. The third-order valence-electron chi connectivity index (χ3n) is 3.62. The molecule has 2 rings (SSSR count). The lowest BCUT2D eigenvalue weighted by Crippen LogP contribution is -2.28.